The van der Waals surface area contributed by atoms with Gasteiger partial charge < -0.3 is 4.40 Å². The number of hydrogen-bond acceptors (Lipinski definition) is 4. The zero-order valence-corrected chi connectivity index (χ0v) is 20.9. The Morgan fingerprint density at radius 3 is 2.29 bits per heavy atom. The summed E-state index contributed by atoms with van der Waals surface area (Å²) in [6.45, 7) is 0. The number of fused-ring (bicyclic) bond motifs is 9. The van der Waals surface area contributed by atoms with Gasteiger partial charge in [0.2, 0.25) is 0 Å². The van der Waals surface area contributed by atoms with Crippen LogP contribution in [-0.2, 0) is 0 Å². The fraction of sp³-hybridized carbons (Fsp3) is 0. The van der Waals surface area contributed by atoms with Gasteiger partial charge in [-0.25, -0.2) is 15.0 Å². The van der Waals surface area contributed by atoms with Gasteiger partial charge in [0, 0.05) is 38.1 Å². The lowest BCUT2D eigenvalue weighted by Crippen LogP contribution is -1.95. The number of hydrogen-bond donors (Lipinski definition) is 0. The Kier molecular flexibility index (Phi) is 3.91. The van der Waals surface area contributed by atoms with Gasteiger partial charge in [-0.05, 0) is 36.4 Å². The minimum absolute atomic E-state index is 0.736. The summed E-state index contributed by atoms with van der Waals surface area (Å²) >= 11 is 1.71. The Hall–Kier alpha value is -4.87. The number of aromatic nitrogens is 4. The molecule has 0 aliphatic heterocycles. The normalized spacial score (nSPS) is 12.2. The van der Waals surface area contributed by atoms with E-state index in [4.69, 9.17) is 15.0 Å². The third kappa shape index (κ3) is 2.61. The fourth-order valence-corrected chi connectivity index (χ4v) is 6.87. The van der Waals surface area contributed by atoms with E-state index in [0.29, 0.717) is 0 Å². The van der Waals surface area contributed by atoms with Crippen LogP contribution in [0.2, 0.25) is 0 Å². The van der Waals surface area contributed by atoms with Gasteiger partial charge in [-0.3, -0.25) is 0 Å². The lowest BCUT2D eigenvalue weighted by Gasteiger charge is -2.09. The third-order valence-electron chi connectivity index (χ3n) is 7.67. The average molecular weight is 503 g/mol. The predicted molar refractivity (Wildman–Crippen MR) is 158 cm³/mol. The van der Waals surface area contributed by atoms with Crippen molar-refractivity contribution in [2.75, 3.05) is 0 Å². The van der Waals surface area contributed by atoms with E-state index in [-0.39, 0.29) is 0 Å². The molecule has 0 atom stereocenters. The van der Waals surface area contributed by atoms with Gasteiger partial charge in [0.05, 0.1) is 43.5 Å². The van der Waals surface area contributed by atoms with Crippen molar-refractivity contribution in [1.29, 1.82) is 0 Å². The van der Waals surface area contributed by atoms with Crippen LogP contribution in [0.4, 0.5) is 0 Å². The van der Waals surface area contributed by atoms with Crippen LogP contribution in [-0.4, -0.2) is 19.4 Å². The van der Waals surface area contributed by atoms with Gasteiger partial charge in [0.25, 0.3) is 0 Å². The summed E-state index contributed by atoms with van der Waals surface area (Å²) < 4.78 is 3.64. The van der Waals surface area contributed by atoms with Crippen LogP contribution in [0, 0.1) is 0 Å². The summed E-state index contributed by atoms with van der Waals surface area (Å²) in [4.78, 5) is 14.8. The largest absolute Gasteiger partial charge is 0.308 e. The van der Waals surface area contributed by atoms with Crippen molar-refractivity contribution in [3.8, 4) is 22.6 Å². The Morgan fingerprint density at radius 1 is 0.579 bits per heavy atom. The lowest BCUT2D eigenvalue weighted by atomic mass is 10.0. The first kappa shape index (κ1) is 20.2. The number of para-hydroxylation sites is 2. The molecule has 0 N–H and O–H groups in total. The van der Waals surface area contributed by atoms with E-state index in [2.05, 4.69) is 89.3 Å². The molecular formula is C33H18N4S. The van der Waals surface area contributed by atoms with E-state index in [9.17, 15) is 0 Å². The minimum Gasteiger partial charge on any atom is -0.308 e. The Labute approximate surface area is 220 Å². The SMILES string of the molecule is c1ccc(-c2nc(-c3ccc4c(c3)c3c5scnc5cc5c6ccccc6n4c53)nc3ccccc23)cc1. The highest BCUT2D eigenvalue weighted by molar-refractivity contribution is 7.18. The Balaban J connectivity index is 1.40. The van der Waals surface area contributed by atoms with E-state index in [1.807, 2.05) is 23.7 Å². The lowest BCUT2D eigenvalue weighted by molar-refractivity contribution is 1.23. The molecule has 176 valence electrons. The zero-order chi connectivity index (χ0) is 24.8. The predicted octanol–water partition coefficient (Wildman–Crippen LogP) is 8.72. The summed E-state index contributed by atoms with van der Waals surface area (Å²) in [5.41, 5.74) is 10.7. The van der Waals surface area contributed by atoms with Crippen molar-refractivity contribution in [2.45, 2.75) is 0 Å². The van der Waals surface area contributed by atoms with E-state index in [1.165, 1.54) is 42.8 Å². The van der Waals surface area contributed by atoms with Crippen LogP contribution in [0.3, 0.4) is 0 Å². The number of rotatable bonds is 2. The fourth-order valence-electron chi connectivity index (χ4n) is 6.04. The maximum absolute atomic E-state index is 5.13. The first-order valence-electron chi connectivity index (χ1n) is 12.6. The van der Waals surface area contributed by atoms with Crippen LogP contribution in [0.15, 0.2) is 109 Å². The van der Waals surface area contributed by atoms with Gasteiger partial charge >= 0.3 is 0 Å². The molecule has 5 aromatic carbocycles. The van der Waals surface area contributed by atoms with Gasteiger partial charge in [-0.1, -0.05) is 66.7 Å². The molecule has 5 heteroatoms. The molecule has 0 unspecified atom stereocenters. The van der Waals surface area contributed by atoms with Gasteiger partial charge in [-0.2, -0.15) is 0 Å². The van der Waals surface area contributed by atoms with Crippen molar-refractivity contribution in [1.82, 2.24) is 19.4 Å². The number of thiazole rings is 1. The Morgan fingerprint density at radius 2 is 1.37 bits per heavy atom. The van der Waals surface area contributed by atoms with Crippen LogP contribution in [0.1, 0.15) is 0 Å². The molecule has 0 aliphatic rings. The van der Waals surface area contributed by atoms with Crippen LogP contribution in [0.25, 0.3) is 81.9 Å². The highest BCUT2D eigenvalue weighted by atomic mass is 32.1. The van der Waals surface area contributed by atoms with E-state index < -0.39 is 0 Å². The maximum Gasteiger partial charge on any atom is 0.160 e. The summed E-state index contributed by atoms with van der Waals surface area (Å²) in [5.74, 6) is 0.736. The van der Waals surface area contributed by atoms with E-state index in [0.717, 1.165) is 39.1 Å². The highest BCUT2D eigenvalue weighted by Crippen LogP contribution is 2.44. The molecule has 0 fully saturated rings. The van der Waals surface area contributed by atoms with Gasteiger partial charge in [0.15, 0.2) is 5.82 Å². The molecule has 0 aliphatic carbocycles. The molecule has 9 rings (SSSR count). The van der Waals surface area contributed by atoms with Gasteiger partial charge in [0.1, 0.15) is 0 Å². The minimum atomic E-state index is 0.736. The first-order chi connectivity index (χ1) is 18.8. The molecule has 0 saturated carbocycles. The summed E-state index contributed by atoms with van der Waals surface area (Å²) in [6, 6.07) is 36.2. The second-order valence-electron chi connectivity index (χ2n) is 9.71. The third-order valence-corrected chi connectivity index (χ3v) is 8.53. The van der Waals surface area contributed by atoms with Crippen molar-refractivity contribution in [2.24, 2.45) is 0 Å². The van der Waals surface area contributed by atoms with E-state index in [1.54, 1.807) is 11.3 Å². The molecule has 0 bridgehead atoms. The molecular weight excluding hydrogens is 484 g/mol. The van der Waals surface area contributed by atoms with Crippen molar-refractivity contribution in [3.63, 3.8) is 0 Å². The van der Waals surface area contributed by atoms with Gasteiger partial charge in [-0.15, -0.1) is 11.3 Å². The molecule has 0 amide bonds. The summed E-state index contributed by atoms with van der Waals surface area (Å²) in [7, 11) is 0. The van der Waals surface area contributed by atoms with Crippen LogP contribution in [0.5, 0.6) is 0 Å². The first-order valence-corrected chi connectivity index (χ1v) is 13.5. The second kappa shape index (κ2) is 7.34. The van der Waals surface area contributed by atoms with Crippen molar-refractivity contribution in [3.05, 3.63) is 109 Å². The number of benzene rings is 5. The molecule has 4 heterocycles. The molecule has 9 aromatic rings. The summed E-state index contributed by atoms with van der Waals surface area (Å²) in [6.07, 6.45) is 0. The molecule has 0 saturated heterocycles. The second-order valence-corrected chi connectivity index (χ2v) is 10.6. The van der Waals surface area contributed by atoms with E-state index >= 15 is 0 Å². The molecule has 4 nitrogen and oxygen atoms in total. The van der Waals surface area contributed by atoms with Crippen molar-refractivity contribution >= 4 is 70.6 Å². The Bertz CT molecular complexity index is 2350. The average Bonchev–Trinajstić information content (AvgIpc) is 3.67. The summed E-state index contributed by atoms with van der Waals surface area (Å²) in [5, 5.41) is 6.04. The van der Waals surface area contributed by atoms with Crippen molar-refractivity contribution < 1.29 is 0 Å². The molecule has 38 heavy (non-hydrogen) atoms. The quantitative estimate of drug-likeness (QED) is 0.237. The smallest absolute Gasteiger partial charge is 0.160 e. The maximum atomic E-state index is 5.13. The number of nitrogens with zero attached hydrogens (tertiary/aromatic N) is 4. The highest BCUT2D eigenvalue weighted by Gasteiger charge is 2.21. The molecule has 0 radical (unpaired) electrons. The standard InChI is InChI=1S/C33H18N4S/c1-2-8-19(9-3-1)30-22-11-4-6-12-25(22)35-33(36-30)20-14-15-28-24(16-20)29-31-23(17-26-32(29)38-18-34-26)21-10-5-7-13-27(21)37(28)31/h1-18H. The topological polar surface area (TPSA) is 43.1 Å². The molecule has 4 aromatic heterocycles. The van der Waals surface area contributed by atoms with Crippen LogP contribution >= 0.6 is 11.3 Å². The van der Waals surface area contributed by atoms with Crippen LogP contribution < -0.4 is 0 Å². The zero-order valence-electron chi connectivity index (χ0n) is 20.1. The monoisotopic (exact) mass is 502 g/mol. The molecule has 0 spiro atoms.